The van der Waals surface area contributed by atoms with Crippen LogP contribution < -0.4 is 14.8 Å². The summed E-state index contributed by atoms with van der Waals surface area (Å²) in [7, 11) is 2.89. The summed E-state index contributed by atoms with van der Waals surface area (Å²) >= 11 is 0. The highest BCUT2D eigenvalue weighted by Gasteiger charge is 2.49. The fraction of sp³-hybridized carbons (Fsp3) is 0.238. The highest BCUT2D eigenvalue weighted by atomic mass is 16.5. The maximum atomic E-state index is 13.0. The Morgan fingerprint density at radius 1 is 1.14 bits per heavy atom. The summed E-state index contributed by atoms with van der Waals surface area (Å²) in [5.74, 6) is -0.248. The van der Waals surface area contributed by atoms with Crippen molar-refractivity contribution in [3.8, 4) is 17.6 Å². The normalized spacial score (nSPS) is 18.2. The number of Topliss-reactive ketones (excluding diaryl/α,β-unsaturated/α-hetero) is 1. The predicted molar refractivity (Wildman–Crippen MR) is 103 cm³/mol. The molecule has 2 aromatic rings. The van der Waals surface area contributed by atoms with E-state index in [0.717, 1.165) is 4.90 Å². The molecule has 0 spiro atoms. The lowest BCUT2D eigenvalue weighted by atomic mass is 9.91. The van der Waals surface area contributed by atoms with Gasteiger partial charge in [0.15, 0.2) is 5.78 Å². The maximum Gasteiger partial charge on any atom is 0.325 e. The Labute approximate surface area is 167 Å². The summed E-state index contributed by atoms with van der Waals surface area (Å²) in [5.41, 5.74) is -0.168. The Hall–Kier alpha value is -3.86. The van der Waals surface area contributed by atoms with Gasteiger partial charge < -0.3 is 14.8 Å². The highest BCUT2D eigenvalue weighted by molar-refractivity contribution is 6.11. The fourth-order valence-electron chi connectivity index (χ4n) is 3.18. The van der Waals surface area contributed by atoms with Crippen LogP contribution in [0.15, 0.2) is 42.5 Å². The van der Waals surface area contributed by atoms with Crippen molar-refractivity contribution in [1.82, 2.24) is 10.2 Å². The minimum atomic E-state index is -1.33. The number of carbonyl (C=O) groups excluding carboxylic acids is 3. The molecule has 0 aliphatic carbocycles. The van der Waals surface area contributed by atoms with Crippen molar-refractivity contribution in [2.45, 2.75) is 12.5 Å². The number of urea groups is 1. The standard InChI is InChI=1S/C21H19N3O5/c1-21(14-6-4-13(11-22)5-7-14)19(26)24(20(27)23-21)12-17(25)16-10-15(28-2)8-9-18(16)29-3/h4-10H,12H2,1-3H3,(H,23,27)/t21-/m1/s1. The zero-order chi connectivity index (χ0) is 21.2. The van der Waals surface area contributed by atoms with Crippen LogP contribution in [0.5, 0.6) is 11.5 Å². The molecule has 1 atom stereocenters. The molecule has 1 aliphatic rings. The van der Waals surface area contributed by atoms with Gasteiger partial charge in [-0.25, -0.2) is 4.79 Å². The zero-order valence-electron chi connectivity index (χ0n) is 16.2. The minimum Gasteiger partial charge on any atom is -0.497 e. The van der Waals surface area contributed by atoms with E-state index in [-0.39, 0.29) is 5.56 Å². The van der Waals surface area contributed by atoms with Crippen molar-refractivity contribution < 1.29 is 23.9 Å². The number of rotatable bonds is 6. The van der Waals surface area contributed by atoms with Crippen LogP contribution in [0.4, 0.5) is 4.79 Å². The number of carbonyl (C=O) groups is 3. The van der Waals surface area contributed by atoms with Gasteiger partial charge >= 0.3 is 6.03 Å². The number of nitrogens with one attached hydrogen (secondary N) is 1. The molecule has 2 aromatic carbocycles. The van der Waals surface area contributed by atoms with Crippen molar-refractivity contribution >= 4 is 17.7 Å². The fourth-order valence-corrected chi connectivity index (χ4v) is 3.18. The third kappa shape index (κ3) is 3.50. The van der Waals surface area contributed by atoms with Crippen molar-refractivity contribution in [2.24, 2.45) is 0 Å². The van der Waals surface area contributed by atoms with Crippen LogP contribution >= 0.6 is 0 Å². The largest absolute Gasteiger partial charge is 0.497 e. The summed E-state index contributed by atoms with van der Waals surface area (Å²) in [6, 6.07) is 12.4. The Kier molecular flexibility index (Phi) is 5.24. The molecule has 1 aliphatic heterocycles. The lowest BCUT2D eigenvalue weighted by molar-refractivity contribution is -0.130. The number of nitriles is 1. The van der Waals surface area contributed by atoms with E-state index in [2.05, 4.69) is 5.32 Å². The average molecular weight is 393 g/mol. The molecule has 8 nitrogen and oxygen atoms in total. The van der Waals surface area contributed by atoms with Crippen molar-refractivity contribution in [1.29, 1.82) is 5.26 Å². The van der Waals surface area contributed by atoms with Gasteiger partial charge in [-0.05, 0) is 42.8 Å². The van der Waals surface area contributed by atoms with E-state index < -0.39 is 29.8 Å². The molecular formula is C21H19N3O5. The summed E-state index contributed by atoms with van der Waals surface area (Å²) < 4.78 is 10.3. The van der Waals surface area contributed by atoms with Crippen molar-refractivity contribution in [3.63, 3.8) is 0 Å². The van der Waals surface area contributed by atoms with Crippen LogP contribution in [-0.2, 0) is 10.3 Å². The van der Waals surface area contributed by atoms with Gasteiger partial charge in [0.25, 0.3) is 5.91 Å². The predicted octanol–water partition coefficient (Wildman–Crippen LogP) is 2.23. The van der Waals surface area contributed by atoms with Gasteiger partial charge in [0.05, 0.1) is 38.0 Å². The van der Waals surface area contributed by atoms with Crippen LogP contribution in [-0.4, -0.2) is 43.4 Å². The van der Waals surface area contributed by atoms with E-state index in [4.69, 9.17) is 14.7 Å². The van der Waals surface area contributed by atoms with Gasteiger partial charge in [0.1, 0.15) is 17.0 Å². The lowest BCUT2D eigenvalue weighted by Crippen LogP contribution is -2.41. The Balaban J connectivity index is 1.87. The SMILES string of the molecule is COc1ccc(OC)c(C(=O)CN2C(=O)N[C@](C)(c3ccc(C#N)cc3)C2=O)c1. The van der Waals surface area contributed by atoms with E-state index >= 15 is 0 Å². The Bertz CT molecular complexity index is 1030. The molecule has 1 N–H and O–H groups in total. The second-order valence-corrected chi connectivity index (χ2v) is 6.62. The van der Waals surface area contributed by atoms with Gasteiger partial charge in [-0.15, -0.1) is 0 Å². The van der Waals surface area contributed by atoms with Gasteiger partial charge in [-0.1, -0.05) is 12.1 Å². The summed E-state index contributed by atoms with van der Waals surface area (Å²) in [6.07, 6.45) is 0. The third-order valence-corrected chi connectivity index (χ3v) is 4.88. The van der Waals surface area contributed by atoms with Crippen LogP contribution in [0.25, 0.3) is 0 Å². The van der Waals surface area contributed by atoms with E-state index in [1.165, 1.54) is 20.3 Å². The average Bonchev–Trinajstić information content (AvgIpc) is 2.97. The van der Waals surface area contributed by atoms with E-state index in [0.29, 0.717) is 22.6 Å². The molecule has 8 heteroatoms. The van der Waals surface area contributed by atoms with E-state index in [1.807, 2.05) is 6.07 Å². The molecule has 148 valence electrons. The second kappa shape index (κ2) is 7.64. The van der Waals surface area contributed by atoms with Crippen LogP contribution in [0.1, 0.15) is 28.4 Å². The maximum absolute atomic E-state index is 13.0. The molecule has 0 aromatic heterocycles. The molecule has 0 saturated carbocycles. The first-order valence-corrected chi connectivity index (χ1v) is 8.74. The van der Waals surface area contributed by atoms with Crippen molar-refractivity contribution in [2.75, 3.05) is 20.8 Å². The van der Waals surface area contributed by atoms with Gasteiger partial charge in [-0.3, -0.25) is 14.5 Å². The lowest BCUT2D eigenvalue weighted by Gasteiger charge is -2.22. The first kappa shape index (κ1) is 19.9. The molecule has 0 bridgehead atoms. The monoisotopic (exact) mass is 393 g/mol. The summed E-state index contributed by atoms with van der Waals surface area (Å²) in [4.78, 5) is 39.2. The number of ketones is 1. The number of benzene rings is 2. The molecule has 0 unspecified atom stereocenters. The molecule has 1 heterocycles. The summed E-state index contributed by atoms with van der Waals surface area (Å²) in [6.45, 7) is 1.12. The molecule has 1 fully saturated rings. The number of nitrogens with zero attached hydrogens (tertiary/aromatic N) is 2. The molecule has 1 saturated heterocycles. The van der Waals surface area contributed by atoms with Gasteiger partial charge in [0.2, 0.25) is 0 Å². The third-order valence-electron chi connectivity index (χ3n) is 4.88. The van der Waals surface area contributed by atoms with Crippen LogP contribution in [0.3, 0.4) is 0 Å². The van der Waals surface area contributed by atoms with Gasteiger partial charge in [0, 0.05) is 0 Å². The van der Waals surface area contributed by atoms with Gasteiger partial charge in [-0.2, -0.15) is 5.26 Å². The van der Waals surface area contributed by atoms with E-state index in [1.54, 1.807) is 43.3 Å². The number of imide groups is 1. The quantitative estimate of drug-likeness (QED) is 0.595. The Morgan fingerprint density at radius 3 is 2.41 bits per heavy atom. The van der Waals surface area contributed by atoms with Crippen molar-refractivity contribution in [3.05, 3.63) is 59.2 Å². The Morgan fingerprint density at radius 2 is 1.83 bits per heavy atom. The number of hydrogen-bond donors (Lipinski definition) is 1. The second-order valence-electron chi connectivity index (χ2n) is 6.62. The van der Waals surface area contributed by atoms with E-state index in [9.17, 15) is 14.4 Å². The smallest absolute Gasteiger partial charge is 0.325 e. The molecular weight excluding hydrogens is 374 g/mol. The molecule has 29 heavy (non-hydrogen) atoms. The minimum absolute atomic E-state index is 0.208. The highest BCUT2D eigenvalue weighted by Crippen LogP contribution is 2.30. The number of amides is 3. The van der Waals surface area contributed by atoms with Crippen LogP contribution in [0, 0.1) is 11.3 Å². The first-order valence-electron chi connectivity index (χ1n) is 8.74. The topological polar surface area (TPSA) is 109 Å². The molecule has 0 radical (unpaired) electrons. The first-order chi connectivity index (χ1) is 13.8. The number of hydrogen-bond acceptors (Lipinski definition) is 6. The molecule has 3 amide bonds. The number of ether oxygens (including phenoxy) is 2. The van der Waals surface area contributed by atoms with Crippen LogP contribution in [0.2, 0.25) is 0 Å². The zero-order valence-corrected chi connectivity index (χ0v) is 16.2. The molecule has 3 rings (SSSR count). The summed E-state index contributed by atoms with van der Waals surface area (Å²) in [5, 5.41) is 11.6. The number of methoxy groups -OCH3 is 2.